The van der Waals surface area contributed by atoms with Crippen LogP contribution in [0.3, 0.4) is 0 Å². The van der Waals surface area contributed by atoms with Gasteiger partial charge in [-0.2, -0.15) is 0 Å². The predicted molar refractivity (Wildman–Crippen MR) is 75.9 cm³/mol. The van der Waals surface area contributed by atoms with Gasteiger partial charge in [0.2, 0.25) is 0 Å². The van der Waals surface area contributed by atoms with E-state index < -0.39 is 12.1 Å². The topological polar surface area (TPSA) is 67.8 Å². The fourth-order valence-electron chi connectivity index (χ4n) is 2.22. The summed E-state index contributed by atoms with van der Waals surface area (Å²) in [5, 5.41) is 13.1. The molecule has 0 amide bonds. The van der Waals surface area contributed by atoms with Crippen LogP contribution in [-0.4, -0.2) is 30.3 Å². The Bertz CT molecular complexity index is 495. The van der Waals surface area contributed by atoms with Gasteiger partial charge >= 0.3 is 5.97 Å². The molecule has 0 saturated heterocycles. The first kappa shape index (κ1) is 14.2. The van der Waals surface area contributed by atoms with Gasteiger partial charge in [0, 0.05) is 5.69 Å². The lowest BCUT2D eigenvalue weighted by atomic mass is 10.0. The fraction of sp³-hybridized carbons (Fsp3) is 0.400. The number of carbonyl (C=O) groups is 1. The SMILES string of the molecule is CCC[C@@H](Nc1ccc(OC)cc1)[C@@H]1OC(=O)C=C1O. The number of hydrogen-bond donors (Lipinski definition) is 2. The van der Waals surface area contributed by atoms with E-state index in [0.717, 1.165) is 30.4 Å². The molecular weight excluding hydrogens is 258 g/mol. The standard InChI is InChI=1S/C15H19NO4/c1-3-4-12(15-13(17)9-14(18)20-15)16-10-5-7-11(19-2)8-6-10/h5-9,12,15-17H,3-4H2,1-2H3/t12-,15+/m1/s1. The van der Waals surface area contributed by atoms with Crippen molar-refractivity contribution in [2.75, 3.05) is 12.4 Å². The van der Waals surface area contributed by atoms with Gasteiger partial charge in [-0.3, -0.25) is 0 Å². The Morgan fingerprint density at radius 1 is 1.40 bits per heavy atom. The number of benzene rings is 1. The Labute approximate surface area is 118 Å². The number of ether oxygens (including phenoxy) is 2. The number of methoxy groups -OCH3 is 1. The molecule has 0 aliphatic carbocycles. The summed E-state index contributed by atoms with van der Waals surface area (Å²) in [5.41, 5.74) is 0.889. The van der Waals surface area contributed by atoms with Gasteiger partial charge in [0.15, 0.2) is 6.10 Å². The molecule has 1 aliphatic heterocycles. The van der Waals surface area contributed by atoms with Crippen LogP contribution < -0.4 is 10.1 Å². The van der Waals surface area contributed by atoms with Crippen LogP contribution in [0.5, 0.6) is 5.75 Å². The van der Waals surface area contributed by atoms with E-state index in [-0.39, 0.29) is 11.8 Å². The summed E-state index contributed by atoms with van der Waals surface area (Å²) >= 11 is 0. The van der Waals surface area contributed by atoms with Crippen LogP contribution in [0.25, 0.3) is 0 Å². The maximum atomic E-state index is 11.2. The van der Waals surface area contributed by atoms with E-state index in [2.05, 4.69) is 5.32 Å². The number of hydrogen-bond acceptors (Lipinski definition) is 5. The summed E-state index contributed by atoms with van der Waals surface area (Å²) in [6.45, 7) is 2.04. The second-order valence-corrected chi connectivity index (χ2v) is 4.69. The Morgan fingerprint density at radius 3 is 2.60 bits per heavy atom. The highest BCUT2D eigenvalue weighted by Gasteiger charge is 2.33. The highest BCUT2D eigenvalue weighted by Crippen LogP contribution is 2.24. The molecule has 2 N–H and O–H groups in total. The molecule has 0 bridgehead atoms. The van der Waals surface area contributed by atoms with Crippen LogP contribution in [0.15, 0.2) is 36.1 Å². The number of anilines is 1. The summed E-state index contributed by atoms with van der Waals surface area (Å²) in [5.74, 6) is 0.261. The number of nitrogens with one attached hydrogen (secondary N) is 1. The van der Waals surface area contributed by atoms with Crippen molar-refractivity contribution in [2.45, 2.75) is 31.9 Å². The zero-order chi connectivity index (χ0) is 14.5. The first-order valence-electron chi connectivity index (χ1n) is 6.65. The average Bonchev–Trinajstić information content (AvgIpc) is 2.78. The van der Waals surface area contributed by atoms with Gasteiger partial charge in [-0.25, -0.2) is 4.79 Å². The van der Waals surface area contributed by atoms with Crippen molar-refractivity contribution in [2.24, 2.45) is 0 Å². The molecule has 20 heavy (non-hydrogen) atoms. The smallest absolute Gasteiger partial charge is 0.335 e. The van der Waals surface area contributed by atoms with Gasteiger partial charge in [0.25, 0.3) is 0 Å². The number of cyclic esters (lactones) is 1. The van der Waals surface area contributed by atoms with Gasteiger partial charge in [-0.05, 0) is 30.7 Å². The van der Waals surface area contributed by atoms with Gasteiger partial charge in [-0.1, -0.05) is 13.3 Å². The molecule has 5 heteroatoms. The Hall–Kier alpha value is -2.17. The van der Waals surface area contributed by atoms with Crippen molar-refractivity contribution < 1.29 is 19.4 Å². The molecule has 0 radical (unpaired) electrons. The first-order chi connectivity index (χ1) is 9.63. The van der Waals surface area contributed by atoms with Gasteiger partial charge in [0.05, 0.1) is 19.2 Å². The van der Waals surface area contributed by atoms with Crippen molar-refractivity contribution in [3.05, 3.63) is 36.1 Å². The third kappa shape index (κ3) is 3.23. The number of esters is 1. The Morgan fingerprint density at radius 2 is 2.10 bits per heavy atom. The molecule has 1 aromatic carbocycles. The molecule has 0 aromatic heterocycles. The molecule has 0 spiro atoms. The van der Waals surface area contributed by atoms with Crippen LogP contribution in [0.1, 0.15) is 19.8 Å². The highest BCUT2D eigenvalue weighted by molar-refractivity contribution is 5.85. The van der Waals surface area contributed by atoms with E-state index in [0.29, 0.717) is 0 Å². The third-order valence-corrected chi connectivity index (χ3v) is 3.21. The molecule has 1 aromatic rings. The lowest BCUT2D eigenvalue weighted by molar-refractivity contribution is -0.139. The zero-order valence-corrected chi connectivity index (χ0v) is 11.6. The predicted octanol–water partition coefficient (Wildman–Crippen LogP) is 2.64. The van der Waals surface area contributed by atoms with E-state index in [4.69, 9.17) is 9.47 Å². The summed E-state index contributed by atoms with van der Waals surface area (Å²) in [4.78, 5) is 11.2. The van der Waals surface area contributed by atoms with Crippen molar-refractivity contribution in [3.63, 3.8) is 0 Å². The maximum Gasteiger partial charge on any atom is 0.335 e. The lowest BCUT2D eigenvalue weighted by Crippen LogP contribution is -2.35. The molecule has 5 nitrogen and oxygen atoms in total. The van der Waals surface area contributed by atoms with E-state index in [1.165, 1.54) is 0 Å². The quantitative estimate of drug-likeness (QED) is 0.782. The van der Waals surface area contributed by atoms with Crippen molar-refractivity contribution in [3.8, 4) is 5.75 Å². The van der Waals surface area contributed by atoms with Gasteiger partial charge in [0.1, 0.15) is 11.5 Å². The van der Waals surface area contributed by atoms with E-state index >= 15 is 0 Å². The molecule has 2 rings (SSSR count). The molecule has 2 atom stereocenters. The molecule has 0 fully saturated rings. The number of aliphatic hydroxyl groups excluding tert-OH is 1. The minimum atomic E-state index is -0.621. The summed E-state index contributed by atoms with van der Waals surface area (Å²) in [6, 6.07) is 7.32. The minimum Gasteiger partial charge on any atom is -0.508 e. The molecule has 1 heterocycles. The Balaban J connectivity index is 2.09. The summed E-state index contributed by atoms with van der Waals surface area (Å²) in [6.07, 6.45) is 2.20. The Kier molecular flexibility index (Phi) is 4.50. The van der Waals surface area contributed by atoms with Crippen molar-refractivity contribution in [1.29, 1.82) is 0 Å². The molecular formula is C15H19NO4. The van der Waals surface area contributed by atoms with Crippen LogP contribution in [0.4, 0.5) is 5.69 Å². The lowest BCUT2D eigenvalue weighted by Gasteiger charge is -2.24. The van der Waals surface area contributed by atoms with Crippen LogP contribution in [-0.2, 0) is 9.53 Å². The normalized spacial score (nSPS) is 19.2. The second-order valence-electron chi connectivity index (χ2n) is 4.69. The van der Waals surface area contributed by atoms with Crippen molar-refractivity contribution >= 4 is 11.7 Å². The number of rotatable bonds is 6. The minimum absolute atomic E-state index is 0.0190. The van der Waals surface area contributed by atoms with Crippen molar-refractivity contribution in [1.82, 2.24) is 0 Å². The van der Waals surface area contributed by atoms with Gasteiger partial charge in [-0.15, -0.1) is 0 Å². The maximum absolute atomic E-state index is 11.2. The van der Waals surface area contributed by atoms with E-state index in [9.17, 15) is 9.90 Å². The van der Waals surface area contributed by atoms with E-state index in [1.54, 1.807) is 7.11 Å². The van der Waals surface area contributed by atoms with Crippen LogP contribution in [0.2, 0.25) is 0 Å². The average molecular weight is 277 g/mol. The first-order valence-corrected chi connectivity index (χ1v) is 6.65. The van der Waals surface area contributed by atoms with E-state index in [1.807, 2.05) is 31.2 Å². The van der Waals surface area contributed by atoms with Crippen LogP contribution in [0, 0.1) is 0 Å². The molecule has 108 valence electrons. The second kappa shape index (κ2) is 6.32. The van der Waals surface area contributed by atoms with Crippen LogP contribution >= 0.6 is 0 Å². The highest BCUT2D eigenvalue weighted by atomic mass is 16.6. The molecule has 0 saturated carbocycles. The molecule has 1 aliphatic rings. The van der Waals surface area contributed by atoms with Gasteiger partial charge < -0.3 is 19.9 Å². The third-order valence-electron chi connectivity index (χ3n) is 3.21. The monoisotopic (exact) mass is 277 g/mol. The summed E-state index contributed by atoms with van der Waals surface area (Å²) < 4.78 is 10.2. The largest absolute Gasteiger partial charge is 0.508 e. The number of aliphatic hydroxyl groups is 1. The number of carbonyl (C=O) groups excluding carboxylic acids is 1. The summed E-state index contributed by atoms with van der Waals surface area (Å²) in [7, 11) is 1.61. The molecule has 0 unspecified atom stereocenters. The zero-order valence-electron chi connectivity index (χ0n) is 11.6. The fourth-order valence-corrected chi connectivity index (χ4v) is 2.22.